The highest BCUT2D eigenvalue weighted by molar-refractivity contribution is 6.64. The van der Waals surface area contributed by atoms with Gasteiger partial charge in [0.15, 0.2) is 0 Å². The van der Waals surface area contributed by atoms with E-state index in [0.717, 1.165) is 11.3 Å². The first-order valence-electron chi connectivity index (χ1n) is 6.54. The zero-order valence-electron chi connectivity index (χ0n) is 12.0. The molecule has 0 heterocycles. The molecule has 0 aliphatic rings. The summed E-state index contributed by atoms with van der Waals surface area (Å²) >= 11 is 5.50. The van der Waals surface area contributed by atoms with Crippen molar-refractivity contribution >= 4 is 22.8 Å². The van der Waals surface area contributed by atoms with E-state index in [1.54, 1.807) is 19.2 Å². The van der Waals surface area contributed by atoms with Gasteiger partial charge >= 0.3 is 0 Å². The molecular weight excluding hydrogens is 278 g/mol. The third kappa shape index (κ3) is 5.61. The molecule has 0 saturated heterocycles. The van der Waals surface area contributed by atoms with E-state index in [4.69, 9.17) is 16.3 Å². The molecule has 110 valence electrons. The summed E-state index contributed by atoms with van der Waals surface area (Å²) < 4.78 is 5.05. The second-order valence-corrected chi connectivity index (χ2v) is 5.45. The lowest BCUT2D eigenvalue weighted by molar-refractivity contribution is -0.124. The number of rotatable bonds is 7. The standard InChI is InChI=1S/C15H20ClNO3/c1-10(2)8-13(15(16)19)17-14(18)9-11-4-6-12(20-3)7-5-11/h4-7,10,13H,8-9H2,1-3H3,(H,17,18). The zero-order chi connectivity index (χ0) is 15.1. The van der Waals surface area contributed by atoms with Crippen LogP contribution in [0.5, 0.6) is 5.75 Å². The molecule has 20 heavy (non-hydrogen) atoms. The van der Waals surface area contributed by atoms with Crippen molar-refractivity contribution in [2.75, 3.05) is 7.11 Å². The molecule has 1 amide bonds. The SMILES string of the molecule is COc1ccc(CC(=O)NC(CC(C)C)C(=O)Cl)cc1. The minimum absolute atomic E-state index is 0.211. The Morgan fingerprint density at radius 2 is 1.85 bits per heavy atom. The molecule has 5 heteroatoms. The van der Waals surface area contributed by atoms with Crippen molar-refractivity contribution in [3.05, 3.63) is 29.8 Å². The fraction of sp³-hybridized carbons (Fsp3) is 0.467. The van der Waals surface area contributed by atoms with E-state index in [9.17, 15) is 9.59 Å². The predicted molar refractivity (Wildman–Crippen MR) is 78.9 cm³/mol. The fourth-order valence-electron chi connectivity index (χ4n) is 1.85. The van der Waals surface area contributed by atoms with Crippen molar-refractivity contribution in [3.8, 4) is 5.75 Å². The summed E-state index contributed by atoms with van der Waals surface area (Å²) in [6.45, 7) is 3.95. The van der Waals surface area contributed by atoms with Gasteiger partial charge in [-0.15, -0.1) is 0 Å². The number of hydrogen-bond acceptors (Lipinski definition) is 3. The van der Waals surface area contributed by atoms with Crippen LogP contribution in [0.2, 0.25) is 0 Å². The third-order valence-corrected chi connectivity index (χ3v) is 3.10. The number of benzene rings is 1. The van der Waals surface area contributed by atoms with Gasteiger partial charge in [0.05, 0.1) is 13.5 Å². The molecule has 4 nitrogen and oxygen atoms in total. The van der Waals surface area contributed by atoms with E-state index in [1.165, 1.54) is 0 Å². The topological polar surface area (TPSA) is 55.4 Å². The number of ether oxygens (including phenoxy) is 1. The van der Waals surface area contributed by atoms with E-state index in [-0.39, 0.29) is 18.2 Å². The van der Waals surface area contributed by atoms with Gasteiger partial charge in [0.2, 0.25) is 11.1 Å². The van der Waals surface area contributed by atoms with Crippen LogP contribution in [0.25, 0.3) is 0 Å². The van der Waals surface area contributed by atoms with Crippen molar-refractivity contribution in [1.29, 1.82) is 0 Å². The van der Waals surface area contributed by atoms with E-state index in [0.29, 0.717) is 6.42 Å². The predicted octanol–water partition coefficient (Wildman–Crippen LogP) is 2.53. The van der Waals surface area contributed by atoms with Gasteiger partial charge in [-0.05, 0) is 41.6 Å². The summed E-state index contributed by atoms with van der Waals surface area (Å²) in [5.41, 5.74) is 0.855. The molecule has 0 aromatic heterocycles. The maximum Gasteiger partial charge on any atom is 0.244 e. The van der Waals surface area contributed by atoms with E-state index in [1.807, 2.05) is 26.0 Å². The second-order valence-electron chi connectivity index (χ2n) is 5.08. The molecular formula is C15H20ClNO3. The average Bonchev–Trinajstić information content (AvgIpc) is 2.38. The molecule has 0 fully saturated rings. The Balaban J connectivity index is 2.58. The van der Waals surface area contributed by atoms with Crippen LogP contribution >= 0.6 is 11.6 Å². The van der Waals surface area contributed by atoms with Gasteiger partial charge < -0.3 is 10.1 Å². The lowest BCUT2D eigenvalue weighted by atomic mass is 10.0. The first kappa shape index (κ1) is 16.5. The number of halogens is 1. The molecule has 1 aromatic rings. The highest BCUT2D eigenvalue weighted by atomic mass is 35.5. The van der Waals surface area contributed by atoms with Crippen LogP contribution in [0.4, 0.5) is 0 Å². The lowest BCUT2D eigenvalue weighted by Gasteiger charge is -2.16. The van der Waals surface area contributed by atoms with Gasteiger partial charge in [0, 0.05) is 0 Å². The number of methoxy groups -OCH3 is 1. The Kier molecular flexibility index (Phi) is 6.52. The largest absolute Gasteiger partial charge is 0.497 e. The minimum Gasteiger partial charge on any atom is -0.497 e. The molecule has 1 rings (SSSR count). The van der Waals surface area contributed by atoms with Gasteiger partial charge in [-0.3, -0.25) is 9.59 Å². The van der Waals surface area contributed by atoms with Gasteiger partial charge in [0.1, 0.15) is 11.8 Å². The Labute approximate surface area is 124 Å². The molecule has 1 unspecified atom stereocenters. The summed E-state index contributed by atoms with van der Waals surface area (Å²) in [6.07, 6.45) is 0.749. The molecule has 0 saturated carbocycles. The molecule has 0 spiro atoms. The number of hydrogen-bond donors (Lipinski definition) is 1. The Morgan fingerprint density at radius 3 is 2.30 bits per heavy atom. The van der Waals surface area contributed by atoms with Crippen LogP contribution in [-0.4, -0.2) is 24.3 Å². The number of carbonyl (C=O) groups excluding carboxylic acids is 2. The van der Waals surface area contributed by atoms with Crippen molar-refractivity contribution in [3.63, 3.8) is 0 Å². The number of nitrogens with one attached hydrogen (secondary N) is 1. The Hall–Kier alpha value is -1.55. The van der Waals surface area contributed by atoms with Gasteiger partial charge in [-0.2, -0.15) is 0 Å². The summed E-state index contributed by atoms with van der Waals surface area (Å²) in [6, 6.07) is 6.60. The normalized spacial score (nSPS) is 12.1. The third-order valence-electron chi connectivity index (χ3n) is 2.84. The maximum absolute atomic E-state index is 11.9. The summed E-state index contributed by atoms with van der Waals surface area (Å²) in [5, 5.41) is 2.15. The molecule has 1 aromatic carbocycles. The van der Waals surface area contributed by atoms with Crippen molar-refractivity contribution in [2.45, 2.75) is 32.7 Å². The Morgan fingerprint density at radius 1 is 1.25 bits per heavy atom. The van der Waals surface area contributed by atoms with E-state index < -0.39 is 11.3 Å². The summed E-state index contributed by atoms with van der Waals surface area (Å²) in [5.74, 6) is 0.807. The van der Waals surface area contributed by atoms with Crippen LogP contribution in [0, 0.1) is 5.92 Å². The molecule has 0 radical (unpaired) electrons. The smallest absolute Gasteiger partial charge is 0.244 e. The highest BCUT2D eigenvalue weighted by Crippen LogP contribution is 2.12. The monoisotopic (exact) mass is 297 g/mol. The first-order chi connectivity index (χ1) is 9.42. The van der Waals surface area contributed by atoms with Crippen molar-refractivity contribution in [2.24, 2.45) is 5.92 Å². The average molecular weight is 298 g/mol. The van der Waals surface area contributed by atoms with Gasteiger partial charge in [-0.25, -0.2) is 0 Å². The second kappa shape index (κ2) is 7.90. The van der Waals surface area contributed by atoms with E-state index >= 15 is 0 Å². The zero-order valence-corrected chi connectivity index (χ0v) is 12.7. The maximum atomic E-state index is 11.9. The summed E-state index contributed by atoms with van der Waals surface area (Å²) in [7, 11) is 1.59. The Bertz CT molecular complexity index is 457. The molecule has 0 aliphatic heterocycles. The van der Waals surface area contributed by atoms with Crippen molar-refractivity contribution < 1.29 is 14.3 Å². The van der Waals surface area contributed by atoms with Gasteiger partial charge in [-0.1, -0.05) is 26.0 Å². The van der Waals surface area contributed by atoms with E-state index in [2.05, 4.69) is 5.32 Å². The molecule has 0 aliphatic carbocycles. The van der Waals surface area contributed by atoms with Crippen molar-refractivity contribution in [1.82, 2.24) is 5.32 Å². The first-order valence-corrected chi connectivity index (χ1v) is 6.91. The summed E-state index contributed by atoms with van der Waals surface area (Å²) in [4.78, 5) is 23.2. The highest BCUT2D eigenvalue weighted by Gasteiger charge is 2.20. The molecule has 1 atom stereocenters. The van der Waals surface area contributed by atoms with Crippen LogP contribution in [0.1, 0.15) is 25.8 Å². The number of amides is 1. The quantitative estimate of drug-likeness (QED) is 0.787. The van der Waals surface area contributed by atoms with Crippen LogP contribution in [-0.2, 0) is 16.0 Å². The van der Waals surface area contributed by atoms with Crippen LogP contribution in [0.15, 0.2) is 24.3 Å². The van der Waals surface area contributed by atoms with Crippen LogP contribution < -0.4 is 10.1 Å². The number of carbonyl (C=O) groups is 2. The van der Waals surface area contributed by atoms with Gasteiger partial charge in [0.25, 0.3) is 0 Å². The fourth-order valence-corrected chi connectivity index (χ4v) is 2.00. The molecule has 0 bridgehead atoms. The minimum atomic E-state index is -0.623. The van der Waals surface area contributed by atoms with Crippen LogP contribution in [0.3, 0.4) is 0 Å². The molecule has 1 N–H and O–H groups in total. The lowest BCUT2D eigenvalue weighted by Crippen LogP contribution is -2.40.